The number of rotatable bonds is 4. The maximum Gasteiger partial charge on any atom is 0.248 e. The smallest absolute Gasteiger partial charge is 0.248 e. The number of hydrogen-bond acceptors (Lipinski definition) is 4. The standard InChI is InChI=1S/C12H22N4O2S/c1-3-10-5-7-16(8-6-10)19(17,18)11-9-15(4-2)14-12(11)13/h9-10H,3-8H2,1-2H3,(H2,13,14). The molecule has 6 nitrogen and oxygen atoms in total. The van der Waals surface area contributed by atoms with Crippen molar-refractivity contribution in [2.75, 3.05) is 18.8 Å². The van der Waals surface area contributed by atoms with Gasteiger partial charge in [0.05, 0.1) is 0 Å². The van der Waals surface area contributed by atoms with Gasteiger partial charge in [0.15, 0.2) is 5.82 Å². The van der Waals surface area contributed by atoms with E-state index < -0.39 is 10.0 Å². The van der Waals surface area contributed by atoms with E-state index in [9.17, 15) is 8.42 Å². The van der Waals surface area contributed by atoms with Gasteiger partial charge in [-0.2, -0.15) is 9.40 Å². The van der Waals surface area contributed by atoms with E-state index in [1.165, 1.54) is 10.5 Å². The molecule has 1 aliphatic rings. The normalized spacial score (nSPS) is 18.8. The predicted molar refractivity (Wildman–Crippen MR) is 74.1 cm³/mol. The average molecular weight is 286 g/mol. The highest BCUT2D eigenvalue weighted by atomic mass is 32.2. The predicted octanol–water partition coefficient (Wildman–Crippen LogP) is 1.30. The second-order valence-corrected chi connectivity index (χ2v) is 6.90. The van der Waals surface area contributed by atoms with Gasteiger partial charge in [-0.3, -0.25) is 4.68 Å². The number of piperidine rings is 1. The molecule has 0 aromatic carbocycles. The monoisotopic (exact) mass is 286 g/mol. The molecule has 0 bridgehead atoms. The molecule has 7 heteroatoms. The number of aryl methyl sites for hydroxylation is 1. The third kappa shape index (κ3) is 2.76. The second-order valence-electron chi connectivity index (χ2n) is 4.99. The molecule has 0 aliphatic carbocycles. The zero-order valence-corrected chi connectivity index (χ0v) is 12.4. The molecule has 1 saturated heterocycles. The van der Waals surface area contributed by atoms with Crippen LogP contribution in [0, 0.1) is 5.92 Å². The Kier molecular flexibility index (Phi) is 4.15. The summed E-state index contributed by atoms with van der Waals surface area (Å²) in [6.07, 6.45) is 4.50. The van der Waals surface area contributed by atoms with E-state index in [1.54, 1.807) is 4.68 Å². The lowest BCUT2D eigenvalue weighted by atomic mass is 9.96. The SMILES string of the molecule is CCC1CCN(S(=O)(=O)c2cn(CC)nc2N)CC1. The lowest BCUT2D eigenvalue weighted by molar-refractivity contribution is 0.269. The van der Waals surface area contributed by atoms with E-state index >= 15 is 0 Å². The van der Waals surface area contributed by atoms with E-state index in [4.69, 9.17) is 5.73 Å². The molecule has 2 rings (SSSR count). The fraction of sp³-hybridized carbons (Fsp3) is 0.750. The third-order valence-electron chi connectivity index (χ3n) is 3.85. The summed E-state index contributed by atoms with van der Waals surface area (Å²) in [5, 5.41) is 4.01. The molecule has 1 aliphatic heterocycles. The highest BCUT2D eigenvalue weighted by Crippen LogP contribution is 2.27. The number of nitrogen functional groups attached to an aromatic ring is 1. The lowest BCUT2D eigenvalue weighted by Crippen LogP contribution is -2.38. The van der Waals surface area contributed by atoms with Gasteiger partial charge < -0.3 is 5.73 Å². The van der Waals surface area contributed by atoms with E-state index in [1.807, 2.05) is 6.92 Å². The van der Waals surface area contributed by atoms with Crippen LogP contribution in [0.4, 0.5) is 5.82 Å². The number of nitrogens with zero attached hydrogens (tertiary/aromatic N) is 3. The Hall–Kier alpha value is -1.08. The van der Waals surface area contributed by atoms with Crippen molar-refractivity contribution in [1.82, 2.24) is 14.1 Å². The summed E-state index contributed by atoms with van der Waals surface area (Å²) in [5.41, 5.74) is 5.73. The molecule has 0 saturated carbocycles. The Labute approximate surface area is 114 Å². The molecule has 0 unspecified atom stereocenters. The average Bonchev–Trinajstić information content (AvgIpc) is 2.81. The highest BCUT2D eigenvalue weighted by Gasteiger charge is 2.31. The highest BCUT2D eigenvalue weighted by molar-refractivity contribution is 7.89. The summed E-state index contributed by atoms with van der Waals surface area (Å²) in [7, 11) is -3.49. The fourth-order valence-electron chi connectivity index (χ4n) is 2.48. The van der Waals surface area contributed by atoms with Crippen LogP contribution in [0.1, 0.15) is 33.1 Å². The summed E-state index contributed by atoms with van der Waals surface area (Å²) in [4.78, 5) is 0.143. The van der Waals surface area contributed by atoms with Crippen molar-refractivity contribution in [1.29, 1.82) is 0 Å². The maximum atomic E-state index is 12.5. The van der Waals surface area contributed by atoms with Gasteiger partial charge in [0.2, 0.25) is 10.0 Å². The van der Waals surface area contributed by atoms with Crippen molar-refractivity contribution in [2.45, 2.75) is 44.6 Å². The summed E-state index contributed by atoms with van der Waals surface area (Å²) < 4.78 is 28.1. The molecular weight excluding hydrogens is 264 g/mol. The molecule has 2 N–H and O–H groups in total. The van der Waals surface area contributed by atoms with E-state index in [0.29, 0.717) is 25.6 Å². The maximum absolute atomic E-state index is 12.5. The van der Waals surface area contributed by atoms with E-state index in [2.05, 4.69) is 12.0 Å². The minimum Gasteiger partial charge on any atom is -0.381 e. The van der Waals surface area contributed by atoms with Gasteiger partial charge in [-0.05, 0) is 25.7 Å². The van der Waals surface area contributed by atoms with Crippen LogP contribution in [0.5, 0.6) is 0 Å². The Balaban J connectivity index is 2.20. The molecule has 108 valence electrons. The van der Waals surface area contributed by atoms with Crippen molar-refractivity contribution in [3.05, 3.63) is 6.20 Å². The van der Waals surface area contributed by atoms with Crippen LogP contribution in [0.2, 0.25) is 0 Å². The summed E-state index contributed by atoms with van der Waals surface area (Å²) >= 11 is 0. The summed E-state index contributed by atoms with van der Waals surface area (Å²) in [5.74, 6) is 0.738. The molecule has 1 fully saturated rings. The number of hydrogen-bond donors (Lipinski definition) is 1. The number of sulfonamides is 1. The van der Waals surface area contributed by atoms with Gasteiger partial charge in [-0.25, -0.2) is 8.42 Å². The molecule has 0 amide bonds. The molecule has 19 heavy (non-hydrogen) atoms. The zero-order valence-electron chi connectivity index (χ0n) is 11.5. The van der Waals surface area contributed by atoms with Crippen molar-refractivity contribution < 1.29 is 8.42 Å². The van der Waals surface area contributed by atoms with Crippen LogP contribution in [0.3, 0.4) is 0 Å². The number of anilines is 1. The van der Waals surface area contributed by atoms with Gasteiger partial charge >= 0.3 is 0 Å². The summed E-state index contributed by atoms with van der Waals surface area (Å²) in [6.45, 7) is 5.82. The van der Waals surface area contributed by atoms with E-state index in [0.717, 1.165) is 19.3 Å². The van der Waals surface area contributed by atoms with Gasteiger partial charge in [0.1, 0.15) is 4.90 Å². The lowest BCUT2D eigenvalue weighted by Gasteiger charge is -2.30. The molecule has 0 spiro atoms. The van der Waals surface area contributed by atoms with Crippen LogP contribution in [-0.4, -0.2) is 35.6 Å². The Morgan fingerprint density at radius 2 is 2.00 bits per heavy atom. The van der Waals surface area contributed by atoms with Gasteiger partial charge in [0.25, 0.3) is 0 Å². The second kappa shape index (κ2) is 5.50. The topological polar surface area (TPSA) is 81.2 Å². The van der Waals surface area contributed by atoms with Crippen molar-refractivity contribution >= 4 is 15.8 Å². The summed E-state index contributed by atoms with van der Waals surface area (Å²) in [6, 6.07) is 0. The number of nitrogens with two attached hydrogens (primary N) is 1. The minimum absolute atomic E-state index is 0.0967. The van der Waals surface area contributed by atoms with Gasteiger partial charge in [-0.1, -0.05) is 13.3 Å². The van der Waals surface area contributed by atoms with Gasteiger partial charge in [-0.15, -0.1) is 0 Å². The molecular formula is C12H22N4O2S. The van der Waals surface area contributed by atoms with E-state index in [-0.39, 0.29) is 10.7 Å². The van der Waals surface area contributed by atoms with Crippen LogP contribution in [0.25, 0.3) is 0 Å². The Morgan fingerprint density at radius 3 is 2.47 bits per heavy atom. The molecule has 0 radical (unpaired) electrons. The first kappa shape index (κ1) is 14.3. The largest absolute Gasteiger partial charge is 0.381 e. The zero-order chi connectivity index (χ0) is 14.0. The third-order valence-corrected chi connectivity index (χ3v) is 5.76. The molecule has 2 heterocycles. The van der Waals surface area contributed by atoms with Crippen LogP contribution >= 0.6 is 0 Å². The molecule has 1 aromatic heterocycles. The van der Waals surface area contributed by atoms with Crippen LogP contribution in [-0.2, 0) is 16.6 Å². The van der Waals surface area contributed by atoms with Gasteiger partial charge in [0, 0.05) is 25.8 Å². The van der Waals surface area contributed by atoms with Crippen molar-refractivity contribution in [3.8, 4) is 0 Å². The van der Waals surface area contributed by atoms with Crippen LogP contribution in [0.15, 0.2) is 11.1 Å². The molecule has 1 aromatic rings. The van der Waals surface area contributed by atoms with Crippen LogP contribution < -0.4 is 5.73 Å². The fourth-order valence-corrected chi connectivity index (χ4v) is 4.01. The Bertz CT molecular complexity index is 530. The minimum atomic E-state index is -3.49. The number of aromatic nitrogens is 2. The quantitative estimate of drug-likeness (QED) is 0.904. The molecule has 0 atom stereocenters. The van der Waals surface area contributed by atoms with Crippen molar-refractivity contribution in [3.63, 3.8) is 0 Å². The first-order valence-electron chi connectivity index (χ1n) is 6.82. The Morgan fingerprint density at radius 1 is 1.37 bits per heavy atom. The van der Waals surface area contributed by atoms with Crippen molar-refractivity contribution in [2.24, 2.45) is 5.92 Å². The first-order chi connectivity index (χ1) is 8.98. The first-order valence-corrected chi connectivity index (χ1v) is 8.26.